The molecule has 1 aromatic carbocycles. The van der Waals surface area contributed by atoms with Crippen LogP contribution in [0, 0.1) is 0 Å². The molecular weight excluding hydrogens is 556 g/mol. The van der Waals surface area contributed by atoms with E-state index in [2.05, 4.69) is 30.6 Å². The number of likely N-dealkylation sites (tertiary alicyclic amines) is 1. The molecule has 0 amide bonds. The summed E-state index contributed by atoms with van der Waals surface area (Å²) in [5.74, 6) is 0.802. The van der Waals surface area contributed by atoms with E-state index in [0.717, 1.165) is 25.9 Å². The molecule has 0 unspecified atom stereocenters. The molecule has 1 saturated heterocycles. The van der Waals surface area contributed by atoms with Crippen LogP contribution in [0.25, 0.3) is 0 Å². The normalized spacial score (nSPS) is 15.6. The summed E-state index contributed by atoms with van der Waals surface area (Å²) in [7, 11) is -5.51. The van der Waals surface area contributed by atoms with Crippen LogP contribution in [0.2, 0.25) is 10.2 Å². The Kier molecular flexibility index (Phi) is 8.50. The van der Waals surface area contributed by atoms with Crippen LogP contribution in [0.15, 0.2) is 36.7 Å². The zero-order valence-electron chi connectivity index (χ0n) is 20.9. The number of rotatable bonds is 9. The van der Waals surface area contributed by atoms with Crippen LogP contribution in [0.5, 0.6) is 0 Å². The molecule has 0 aliphatic carbocycles. The fraction of sp³-hybridized carbons (Fsp3) is 0.435. The number of hydrogen-bond donors (Lipinski definition) is 2. The minimum Gasteiger partial charge on any atom is -0.338 e. The van der Waals surface area contributed by atoms with Crippen LogP contribution in [0.4, 0.5) is 23.1 Å². The highest BCUT2D eigenvalue weighted by Gasteiger charge is 2.25. The third kappa shape index (κ3) is 7.23. The monoisotopic (exact) mass is 585 g/mol. The Morgan fingerprint density at radius 2 is 1.78 bits per heavy atom. The maximum atomic E-state index is 12.7. The van der Waals surface area contributed by atoms with Crippen LogP contribution in [-0.4, -0.2) is 78.0 Å². The molecule has 1 fully saturated rings. The van der Waals surface area contributed by atoms with Gasteiger partial charge in [0.2, 0.25) is 5.95 Å². The zero-order valence-corrected chi connectivity index (χ0v) is 24.1. The number of hydrogen-bond acceptors (Lipinski definition) is 9. The predicted octanol–water partition coefficient (Wildman–Crippen LogP) is 4.40. The quantitative estimate of drug-likeness (QED) is 0.352. The summed E-state index contributed by atoms with van der Waals surface area (Å²) in [5.41, 5.74) is 1.22. The molecule has 2 N–H and O–H groups in total. The third-order valence-electron chi connectivity index (χ3n) is 6.14. The van der Waals surface area contributed by atoms with Gasteiger partial charge in [0.1, 0.15) is 22.0 Å². The summed E-state index contributed by atoms with van der Waals surface area (Å²) in [4.78, 5) is 10.9. The first kappa shape index (κ1) is 27.9. The fourth-order valence-corrected chi connectivity index (χ4v) is 6.34. The summed E-state index contributed by atoms with van der Waals surface area (Å²) in [6.07, 6.45) is 5.99. The van der Waals surface area contributed by atoms with E-state index >= 15 is 0 Å². The molecule has 2 aromatic heterocycles. The molecule has 37 heavy (non-hydrogen) atoms. The first-order valence-electron chi connectivity index (χ1n) is 11.7. The van der Waals surface area contributed by atoms with Crippen molar-refractivity contribution in [3.05, 3.63) is 46.8 Å². The highest BCUT2D eigenvalue weighted by Crippen LogP contribution is 2.39. The molecule has 0 radical (unpaired) electrons. The lowest BCUT2D eigenvalue weighted by molar-refractivity contribution is 0.188. The van der Waals surface area contributed by atoms with Gasteiger partial charge in [-0.15, -0.1) is 0 Å². The molecule has 4 rings (SSSR count). The van der Waals surface area contributed by atoms with Crippen molar-refractivity contribution in [2.24, 2.45) is 0 Å². The number of anilines is 4. The first-order valence-corrected chi connectivity index (χ1v) is 17.2. The molecule has 1 aliphatic rings. The van der Waals surface area contributed by atoms with Crippen molar-refractivity contribution in [1.29, 1.82) is 0 Å². The lowest BCUT2D eigenvalue weighted by Gasteiger charge is -2.32. The maximum Gasteiger partial charge on any atom is 0.229 e. The van der Waals surface area contributed by atoms with Gasteiger partial charge in [-0.2, -0.15) is 10.1 Å². The minimum atomic E-state index is -2.98. The van der Waals surface area contributed by atoms with Crippen molar-refractivity contribution in [1.82, 2.24) is 24.6 Å². The predicted molar refractivity (Wildman–Crippen MR) is 151 cm³/mol. The molecule has 0 saturated carbocycles. The highest BCUT2D eigenvalue weighted by molar-refractivity contribution is 7.90. The van der Waals surface area contributed by atoms with Gasteiger partial charge in [-0.05, 0) is 38.3 Å². The van der Waals surface area contributed by atoms with Crippen LogP contribution in [-0.2, 0) is 14.4 Å². The molecular formula is C23H30Cl2N7O3PS. The van der Waals surface area contributed by atoms with Crippen LogP contribution in [0.3, 0.4) is 0 Å². The number of sulfone groups is 1. The number of nitrogens with zero attached hydrogens (tertiary/aromatic N) is 5. The SMILES string of the molecule is CP(C)(=O)c1ccccc1Nc1nc(Nc2cnn(C3CCN(CCS(C)(=O)=O)CC3)c2Cl)ncc1Cl. The van der Waals surface area contributed by atoms with Crippen molar-refractivity contribution in [3.8, 4) is 0 Å². The summed E-state index contributed by atoms with van der Waals surface area (Å²) < 4.78 is 37.4. The second-order valence-corrected chi connectivity index (χ2v) is 15.7. The number of aromatic nitrogens is 4. The molecule has 0 atom stereocenters. The lowest BCUT2D eigenvalue weighted by Crippen LogP contribution is -2.37. The van der Waals surface area contributed by atoms with Gasteiger partial charge < -0.3 is 20.1 Å². The van der Waals surface area contributed by atoms with Gasteiger partial charge in [0.15, 0.2) is 11.0 Å². The number of nitrogens with one attached hydrogen (secondary N) is 2. The lowest BCUT2D eigenvalue weighted by atomic mass is 10.1. The van der Waals surface area contributed by atoms with E-state index in [1.807, 2.05) is 24.3 Å². The Balaban J connectivity index is 1.45. The Morgan fingerprint density at radius 3 is 2.46 bits per heavy atom. The summed E-state index contributed by atoms with van der Waals surface area (Å²) in [6.45, 7) is 5.51. The zero-order chi connectivity index (χ0) is 26.8. The summed E-state index contributed by atoms with van der Waals surface area (Å²) in [6, 6.07) is 7.44. The van der Waals surface area contributed by atoms with Crippen molar-refractivity contribution >= 4 is 68.6 Å². The molecule has 0 spiro atoms. The average Bonchev–Trinajstić information content (AvgIpc) is 3.19. The van der Waals surface area contributed by atoms with Crippen LogP contribution in [0.1, 0.15) is 18.9 Å². The molecule has 3 aromatic rings. The minimum absolute atomic E-state index is 0.108. The first-order chi connectivity index (χ1) is 17.4. The molecule has 3 heterocycles. The van der Waals surface area contributed by atoms with E-state index in [9.17, 15) is 13.0 Å². The third-order valence-corrected chi connectivity index (χ3v) is 9.27. The summed E-state index contributed by atoms with van der Waals surface area (Å²) >= 11 is 13.0. The van der Waals surface area contributed by atoms with E-state index in [1.54, 1.807) is 24.2 Å². The Bertz CT molecular complexity index is 1420. The largest absolute Gasteiger partial charge is 0.338 e. The molecule has 14 heteroatoms. The maximum absolute atomic E-state index is 12.7. The van der Waals surface area contributed by atoms with Crippen LogP contribution >= 0.6 is 30.3 Å². The Morgan fingerprint density at radius 1 is 1.08 bits per heavy atom. The van der Waals surface area contributed by atoms with Gasteiger partial charge in [-0.3, -0.25) is 0 Å². The van der Waals surface area contributed by atoms with Gasteiger partial charge in [0.05, 0.1) is 35.6 Å². The van der Waals surface area contributed by atoms with Crippen molar-refractivity contribution in [3.63, 3.8) is 0 Å². The van der Waals surface area contributed by atoms with Gasteiger partial charge in [0, 0.05) is 31.2 Å². The van der Waals surface area contributed by atoms with Gasteiger partial charge >= 0.3 is 0 Å². The molecule has 10 nitrogen and oxygen atoms in total. The van der Waals surface area contributed by atoms with E-state index in [4.69, 9.17) is 23.2 Å². The molecule has 0 bridgehead atoms. The topological polar surface area (TPSA) is 122 Å². The van der Waals surface area contributed by atoms with Gasteiger partial charge in [-0.1, -0.05) is 35.3 Å². The second-order valence-electron chi connectivity index (χ2n) is 9.50. The smallest absolute Gasteiger partial charge is 0.229 e. The number of halogens is 2. The average molecular weight is 586 g/mol. The van der Waals surface area contributed by atoms with Crippen molar-refractivity contribution < 1.29 is 13.0 Å². The Hall–Kier alpha value is -2.17. The van der Waals surface area contributed by atoms with Crippen molar-refractivity contribution in [2.45, 2.75) is 18.9 Å². The van der Waals surface area contributed by atoms with Crippen LogP contribution < -0.4 is 15.9 Å². The molecule has 200 valence electrons. The standard InChI is InChI=1S/C23H30Cl2N7O3PS/c1-36(2,33)20-7-5-4-6-18(20)28-22-17(24)14-26-23(30-22)29-19-15-27-32(21(19)25)16-8-10-31(11-9-16)12-13-37(3,34)35/h4-7,14-16H,8-13H2,1-3H3,(H2,26,28,29,30). The number of benzene rings is 1. The van der Waals surface area contributed by atoms with Gasteiger partial charge in [0.25, 0.3) is 0 Å². The van der Waals surface area contributed by atoms with E-state index in [-0.39, 0.29) is 17.7 Å². The highest BCUT2D eigenvalue weighted by atomic mass is 35.5. The van der Waals surface area contributed by atoms with E-state index in [0.29, 0.717) is 39.2 Å². The second kappa shape index (κ2) is 11.3. The van der Waals surface area contributed by atoms with Gasteiger partial charge in [-0.25, -0.2) is 18.1 Å². The summed E-state index contributed by atoms with van der Waals surface area (Å²) in [5, 5.41) is 12.2. The Labute approximate surface area is 227 Å². The van der Waals surface area contributed by atoms with E-state index < -0.39 is 17.0 Å². The number of para-hydroxylation sites is 1. The molecule has 1 aliphatic heterocycles. The van der Waals surface area contributed by atoms with Crippen molar-refractivity contribution in [2.75, 3.05) is 55.6 Å². The van der Waals surface area contributed by atoms with E-state index in [1.165, 1.54) is 12.5 Å². The fourth-order valence-electron chi connectivity index (χ4n) is 4.18. The number of piperidine rings is 1.